The fourth-order valence-electron chi connectivity index (χ4n) is 3.46. The first-order valence-corrected chi connectivity index (χ1v) is 12.5. The summed E-state index contributed by atoms with van der Waals surface area (Å²) in [5.74, 6) is -1.50. The van der Waals surface area contributed by atoms with Crippen molar-refractivity contribution >= 4 is 57.0 Å². The highest BCUT2D eigenvalue weighted by Gasteiger charge is 2.24. The van der Waals surface area contributed by atoms with Crippen molar-refractivity contribution in [2.45, 2.75) is 25.6 Å². The van der Waals surface area contributed by atoms with E-state index in [1.165, 1.54) is 12.1 Å². The molecule has 2 amide bonds. The molecule has 0 fully saturated rings. The molecule has 0 aromatic heterocycles. The molecule has 1 aliphatic heterocycles. The normalized spacial score (nSPS) is 15.6. The average Bonchev–Trinajstić information content (AvgIpc) is 2.86. The van der Waals surface area contributed by atoms with Crippen molar-refractivity contribution in [3.05, 3.63) is 57.0 Å². The minimum Gasteiger partial charge on any atom is -0.506 e. The van der Waals surface area contributed by atoms with E-state index in [2.05, 4.69) is 42.2 Å². The van der Waals surface area contributed by atoms with E-state index >= 15 is 0 Å². The molecule has 0 bridgehead atoms. The first-order chi connectivity index (χ1) is 17.7. The molecule has 2 unspecified atom stereocenters. The van der Waals surface area contributed by atoms with Gasteiger partial charge in [0, 0.05) is 21.8 Å². The molecular formula is C24H26BrClFN5O5. The lowest BCUT2D eigenvalue weighted by Crippen LogP contribution is -2.41. The number of aromatic hydroxyl groups is 1. The van der Waals surface area contributed by atoms with E-state index in [1.807, 2.05) is 0 Å². The highest BCUT2D eigenvalue weighted by Crippen LogP contribution is 2.36. The zero-order valence-corrected chi connectivity index (χ0v) is 22.2. The summed E-state index contributed by atoms with van der Waals surface area (Å²) in [6, 6.07) is 8.43. The fourth-order valence-corrected chi connectivity index (χ4v) is 4.30. The van der Waals surface area contributed by atoms with Gasteiger partial charge in [-0.15, -0.1) is 0 Å². The van der Waals surface area contributed by atoms with Gasteiger partial charge >= 0.3 is 5.97 Å². The fraction of sp³-hybridized carbons (Fsp3) is 0.333. The van der Waals surface area contributed by atoms with Crippen LogP contribution < -0.4 is 21.3 Å². The Hall–Kier alpha value is -3.38. The quantitative estimate of drug-likeness (QED) is 0.280. The van der Waals surface area contributed by atoms with Gasteiger partial charge in [-0.1, -0.05) is 17.7 Å². The third-order valence-corrected chi connectivity index (χ3v) is 6.00. The maximum atomic E-state index is 13.2. The smallest absolute Gasteiger partial charge is 0.308 e. The highest BCUT2D eigenvalue weighted by atomic mass is 79.9. The molecule has 0 saturated carbocycles. The van der Waals surface area contributed by atoms with Gasteiger partial charge in [0.2, 0.25) is 5.91 Å². The van der Waals surface area contributed by atoms with Crippen molar-refractivity contribution in [3.8, 4) is 5.75 Å². The van der Waals surface area contributed by atoms with Crippen LogP contribution in [0, 0.1) is 0 Å². The Balaban J connectivity index is 1.64. The lowest BCUT2D eigenvalue weighted by atomic mass is 10.0. The van der Waals surface area contributed by atoms with Gasteiger partial charge in [0.15, 0.2) is 5.96 Å². The monoisotopic (exact) mass is 597 g/mol. The lowest BCUT2D eigenvalue weighted by molar-refractivity contribution is -0.143. The Morgan fingerprint density at radius 2 is 2.11 bits per heavy atom. The summed E-state index contributed by atoms with van der Waals surface area (Å²) in [5.41, 5.74) is 1.04. The number of hydrogen-bond acceptors (Lipinski definition) is 8. The number of rotatable bonds is 9. The van der Waals surface area contributed by atoms with E-state index in [4.69, 9.17) is 16.3 Å². The number of anilines is 1. The van der Waals surface area contributed by atoms with Gasteiger partial charge in [0.25, 0.3) is 5.91 Å². The number of nitrogens with zero attached hydrogens (tertiary/aromatic N) is 1. The molecule has 0 saturated heterocycles. The standard InChI is InChI=1S/C24H26BrClFN5O5/c1-2-37-21(34)9-19(17-7-14(26)8-18(25)22(17)35)32-20(33)12-28-23(36)13-4-3-5-16(6-13)31-24-29-10-15(27)11-30-24/h3-8,15,19,35H,2,9-12H2,1H3,(H,28,36)(H,32,33)(H2,29,30,31). The molecule has 5 N–H and O–H groups in total. The maximum absolute atomic E-state index is 13.2. The molecule has 0 aliphatic carbocycles. The topological polar surface area (TPSA) is 141 Å². The molecule has 13 heteroatoms. The number of aliphatic imine (C=N–C) groups is 1. The number of amides is 2. The highest BCUT2D eigenvalue weighted by molar-refractivity contribution is 9.10. The number of benzene rings is 2. The van der Waals surface area contributed by atoms with Gasteiger partial charge in [0.05, 0.1) is 43.2 Å². The van der Waals surface area contributed by atoms with Crippen LogP contribution in [0.25, 0.3) is 0 Å². The zero-order chi connectivity index (χ0) is 26.9. The molecule has 0 spiro atoms. The SMILES string of the molecule is CCOC(=O)CC(NC(=O)CNC(=O)c1cccc(NC2=NCC(F)CN2)c1)c1cc(Cl)cc(Br)c1O. The number of carbonyl (C=O) groups is 3. The predicted octanol–water partition coefficient (Wildman–Crippen LogP) is 3.06. The average molecular weight is 599 g/mol. The van der Waals surface area contributed by atoms with Crippen LogP contribution in [0.3, 0.4) is 0 Å². The second-order valence-electron chi connectivity index (χ2n) is 8.01. The van der Waals surface area contributed by atoms with Crippen LogP contribution in [0.4, 0.5) is 10.1 Å². The summed E-state index contributed by atoms with van der Waals surface area (Å²) in [6.07, 6.45) is -1.31. The summed E-state index contributed by atoms with van der Waals surface area (Å²) in [7, 11) is 0. The third-order valence-electron chi connectivity index (χ3n) is 5.18. The summed E-state index contributed by atoms with van der Waals surface area (Å²) >= 11 is 9.28. The minimum atomic E-state index is -1.05. The Kier molecular flexibility index (Phi) is 10.1. The van der Waals surface area contributed by atoms with Crippen molar-refractivity contribution in [1.82, 2.24) is 16.0 Å². The van der Waals surface area contributed by atoms with E-state index in [9.17, 15) is 23.9 Å². The third kappa shape index (κ3) is 8.32. The second-order valence-corrected chi connectivity index (χ2v) is 9.30. The predicted molar refractivity (Wildman–Crippen MR) is 141 cm³/mol. The van der Waals surface area contributed by atoms with E-state index < -0.39 is 36.5 Å². The van der Waals surface area contributed by atoms with Crippen LogP contribution in [0.1, 0.15) is 35.3 Å². The van der Waals surface area contributed by atoms with Crippen molar-refractivity contribution in [1.29, 1.82) is 0 Å². The number of ether oxygens (including phenoxy) is 1. The second kappa shape index (κ2) is 13.2. The van der Waals surface area contributed by atoms with E-state index in [1.54, 1.807) is 31.2 Å². The zero-order valence-electron chi connectivity index (χ0n) is 19.8. The number of carbonyl (C=O) groups excluding carboxylic acids is 3. The molecular weight excluding hydrogens is 573 g/mol. The van der Waals surface area contributed by atoms with Crippen LogP contribution in [-0.4, -0.2) is 61.3 Å². The molecule has 3 rings (SSSR count). The number of esters is 1. The van der Waals surface area contributed by atoms with Crippen LogP contribution in [0.2, 0.25) is 5.02 Å². The molecule has 2 aromatic carbocycles. The number of guanidine groups is 1. The molecule has 2 aromatic rings. The van der Waals surface area contributed by atoms with Gasteiger partial charge in [-0.3, -0.25) is 14.4 Å². The van der Waals surface area contributed by atoms with Gasteiger partial charge in [-0.25, -0.2) is 9.38 Å². The summed E-state index contributed by atoms with van der Waals surface area (Å²) in [4.78, 5) is 41.5. The number of nitrogens with one attached hydrogen (secondary N) is 4. The van der Waals surface area contributed by atoms with Crippen LogP contribution in [0.15, 0.2) is 45.9 Å². The first kappa shape index (κ1) is 28.2. The number of halogens is 3. The van der Waals surface area contributed by atoms with Crippen LogP contribution in [0.5, 0.6) is 5.75 Å². The number of phenolic OH excluding ortho intramolecular Hbond substituents is 1. The molecule has 2 atom stereocenters. The number of hydrogen-bond donors (Lipinski definition) is 5. The Labute approximate surface area is 226 Å². The van der Waals surface area contributed by atoms with Gasteiger partial charge in [-0.05, 0) is 53.2 Å². The van der Waals surface area contributed by atoms with E-state index in [0.29, 0.717) is 16.1 Å². The minimum absolute atomic E-state index is 0.0473. The molecule has 1 aliphatic rings. The Bertz CT molecular complexity index is 1200. The summed E-state index contributed by atoms with van der Waals surface area (Å²) < 4.78 is 18.5. The lowest BCUT2D eigenvalue weighted by Gasteiger charge is -2.21. The van der Waals surface area contributed by atoms with Gasteiger partial charge < -0.3 is 31.1 Å². The molecule has 37 heavy (non-hydrogen) atoms. The molecule has 10 nitrogen and oxygen atoms in total. The van der Waals surface area contributed by atoms with Crippen molar-refractivity contribution in [2.75, 3.05) is 31.6 Å². The van der Waals surface area contributed by atoms with Crippen LogP contribution >= 0.6 is 27.5 Å². The largest absolute Gasteiger partial charge is 0.506 e. The molecule has 198 valence electrons. The summed E-state index contributed by atoms with van der Waals surface area (Å²) in [5, 5.41) is 21.7. The van der Waals surface area contributed by atoms with Crippen molar-refractivity contribution in [3.63, 3.8) is 0 Å². The first-order valence-electron chi connectivity index (χ1n) is 11.4. The van der Waals surface area contributed by atoms with Gasteiger partial charge in [-0.2, -0.15) is 0 Å². The van der Waals surface area contributed by atoms with Gasteiger partial charge in [0.1, 0.15) is 11.9 Å². The molecule has 1 heterocycles. The van der Waals surface area contributed by atoms with Crippen molar-refractivity contribution in [2.24, 2.45) is 4.99 Å². The number of alkyl halides is 1. The Morgan fingerprint density at radius 3 is 2.81 bits per heavy atom. The van der Waals surface area contributed by atoms with E-state index in [-0.39, 0.29) is 48.0 Å². The maximum Gasteiger partial charge on any atom is 0.308 e. The van der Waals surface area contributed by atoms with Crippen molar-refractivity contribution < 1.29 is 28.6 Å². The summed E-state index contributed by atoms with van der Waals surface area (Å²) in [6.45, 7) is 1.59. The van der Waals surface area contributed by atoms with E-state index in [0.717, 1.165) is 0 Å². The number of phenols is 1. The molecule has 0 radical (unpaired) electrons. The van der Waals surface area contributed by atoms with Crippen LogP contribution in [-0.2, 0) is 14.3 Å². The Morgan fingerprint density at radius 1 is 1.32 bits per heavy atom.